The van der Waals surface area contributed by atoms with Crippen LogP contribution in [-0.2, 0) is 0 Å². The number of phenols is 1. The minimum Gasteiger partial charge on any atom is -0.507 e. The maximum absolute atomic E-state index is 12.2. The second-order valence-electron chi connectivity index (χ2n) is 5.71. The second-order valence-corrected chi connectivity index (χ2v) is 5.71. The summed E-state index contributed by atoms with van der Waals surface area (Å²) in [7, 11) is 1.54. The van der Waals surface area contributed by atoms with Gasteiger partial charge in [0.05, 0.1) is 18.9 Å². The maximum atomic E-state index is 12.2. The van der Waals surface area contributed by atoms with E-state index in [0.717, 1.165) is 0 Å². The van der Waals surface area contributed by atoms with Gasteiger partial charge in [-0.2, -0.15) is 5.10 Å². The molecule has 0 aliphatic rings. The van der Waals surface area contributed by atoms with Crippen molar-refractivity contribution in [2.45, 2.75) is 26.9 Å². The number of hydrogen-bond donors (Lipinski definition) is 2. The number of benzene rings is 2. The van der Waals surface area contributed by atoms with Gasteiger partial charge < -0.3 is 14.6 Å². The van der Waals surface area contributed by atoms with Gasteiger partial charge in [0.2, 0.25) is 0 Å². The molecule has 6 nitrogen and oxygen atoms in total. The fraction of sp³-hybridized carbons (Fsp3) is 0.263. The van der Waals surface area contributed by atoms with E-state index < -0.39 is 0 Å². The molecule has 0 unspecified atom stereocenters. The number of rotatable bonds is 6. The number of carbonyl (C=O) groups excluding carboxylic acids is 1. The van der Waals surface area contributed by atoms with Crippen molar-refractivity contribution in [2.75, 3.05) is 7.11 Å². The first kappa shape index (κ1) is 18.3. The first-order chi connectivity index (χ1) is 11.9. The molecule has 1 amide bonds. The van der Waals surface area contributed by atoms with Crippen LogP contribution in [0.4, 0.5) is 0 Å². The first-order valence-corrected chi connectivity index (χ1v) is 7.89. The van der Waals surface area contributed by atoms with Gasteiger partial charge in [-0.15, -0.1) is 0 Å². The molecule has 0 fully saturated rings. The summed E-state index contributed by atoms with van der Waals surface area (Å²) in [5, 5.41) is 14.0. The molecule has 0 aliphatic carbocycles. The van der Waals surface area contributed by atoms with Gasteiger partial charge in [0, 0.05) is 11.1 Å². The predicted molar refractivity (Wildman–Crippen MR) is 96.5 cm³/mol. The lowest BCUT2D eigenvalue weighted by atomic mass is 10.1. The van der Waals surface area contributed by atoms with E-state index in [0.29, 0.717) is 28.3 Å². The molecule has 0 heterocycles. The third-order valence-electron chi connectivity index (χ3n) is 3.41. The van der Waals surface area contributed by atoms with Crippen molar-refractivity contribution in [3.8, 4) is 17.2 Å². The normalized spacial score (nSPS) is 11.3. The Kier molecular flexibility index (Phi) is 6.00. The summed E-state index contributed by atoms with van der Waals surface area (Å²) >= 11 is 0. The van der Waals surface area contributed by atoms with Gasteiger partial charge in [-0.3, -0.25) is 4.79 Å². The van der Waals surface area contributed by atoms with E-state index in [9.17, 15) is 9.90 Å². The molecule has 0 saturated heterocycles. The summed E-state index contributed by atoms with van der Waals surface area (Å²) in [6, 6.07) is 11.6. The van der Waals surface area contributed by atoms with Crippen LogP contribution in [-0.4, -0.2) is 29.9 Å². The zero-order valence-electron chi connectivity index (χ0n) is 14.7. The Morgan fingerprint density at radius 3 is 2.36 bits per heavy atom. The Balaban J connectivity index is 2.08. The average molecular weight is 342 g/mol. The highest BCUT2D eigenvalue weighted by Gasteiger charge is 2.09. The molecule has 0 spiro atoms. The van der Waals surface area contributed by atoms with Gasteiger partial charge in [0.1, 0.15) is 17.2 Å². The maximum Gasteiger partial charge on any atom is 0.271 e. The van der Waals surface area contributed by atoms with Gasteiger partial charge in [0.25, 0.3) is 5.91 Å². The van der Waals surface area contributed by atoms with Crippen LogP contribution in [0.15, 0.2) is 47.6 Å². The fourth-order valence-corrected chi connectivity index (χ4v) is 2.15. The number of hydrazone groups is 1. The topological polar surface area (TPSA) is 80.2 Å². The lowest BCUT2D eigenvalue weighted by molar-refractivity contribution is 0.0954. The number of aromatic hydroxyl groups is 1. The molecule has 6 heteroatoms. The Labute approximate surface area is 147 Å². The molecule has 25 heavy (non-hydrogen) atoms. The van der Waals surface area contributed by atoms with Crippen molar-refractivity contribution < 1.29 is 19.4 Å². The van der Waals surface area contributed by atoms with Crippen LogP contribution in [0.25, 0.3) is 0 Å². The number of carbonyl (C=O) groups is 1. The van der Waals surface area contributed by atoms with Crippen molar-refractivity contribution in [2.24, 2.45) is 5.10 Å². The molecule has 0 atom stereocenters. The summed E-state index contributed by atoms with van der Waals surface area (Å²) in [6.07, 6.45) is 0.0717. The Bertz CT molecular complexity index is 767. The highest BCUT2D eigenvalue weighted by molar-refractivity contribution is 6.02. The molecule has 2 aromatic rings. The minimum absolute atomic E-state index is 0.0616. The number of phenolic OH excluding ortho intramolecular Hbond substituents is 1. The fourth-order valence-electron chi connectivity index (χ4n) is 2.15. The van der Waals surface area contributed by atoms with Crippen LogP contribution < -0.4 is 14.9 Å². The standard InChI is InChI=1S/C19H22N2O4/c1-12(2)25-15-7-5-14(6-8-15)19(23)21-20-13(3)17-11-16(24-4)9-10-18(17)22/h5-12,22H,1-4H3,(H,21,23)/b20-13+. The van der Waals surface area contributed by atoms with Crippen LogP contribution in [0.3, 0.4) is 0 Å². The van der Waals surface area contributed by atoms with Gasteiger partial charge in [0.15, 0.2) is 0 Å². The number of nitrogens with one attached hydrogen (secondary N) is 1. The molecule has 2 rings (SSSR count). The molecule has 0 bridgehead atoms. The summed E-state index contributed by atoms with van der Waals surface area (Å²) in [5.74, 6) is 1.01. The zero-order chi connectivity index (χ0) is 18.4. The Morgan fingerprint density at radius 1 is 1.12 bits per heavy atom. The molecule has 132 valence electrons. The summed E-state index contributed by atoms with van der Waals surface area (Å²) < 4.78 is 10.7. The van der Waals surface area contributed by atoms with E-state index in [1.54, 1.807) is 43.3 Å². The van der Waals surface area contributed by atoms with Crippen molar-refractivity contribution in [3.63, 3.8) is 0 Å². The summed E-state index contributed by atoms with van der Waals surface area (Å²) in [4.78, 5) is 12.2. The predicted octanol–water partition coefficient (Wildman–Crippen LogP) is 3.34. The van der Waals surface area contributed by atoms with E-state index in [4.69, 9.17) is 9.47 Å². The summed E-state index contributed by atoms with van der Waals surface area (Å²) in [6.45, 7) is 5.56. The lowest BCUT2D eigenvalue weighted by Gasteiger charge is -2.10. The number of nitrogens with zero attached hydrogens (tertiary/aromatic N) is 1. The van der Waals surface area contributed by atoms with Gasteiger partial charge in [-0.1, -0.05) is 0 Å². The molecule has 0 radical (unpaired) electrons. The van der Waals surface area contributed by atoms with Gasteiger partial charge >= 0.3 is 0 Å². The zero-order valence-corrected chi connectivity index (χ0v) is 14.7. The lowest BCUT2D eigenvalue weighted by Crippen LogP contribution is -2.19. The largest absolute Gasteiger partial charge is 0.507 e. The van der Waals surface area contributed by atoms with E-state index in [2.05, 4.69) is 10.5 Å². The molecule has 2 aromatic carbocycles. The first-order valence-electron chi connectivity index (χ1n) is 7.89. The van der Waals surface area contributed by atoms with Crippen molar-refractivity contribution >= 4 is 11.6 Å². The van der Waals surface area contributed by atoms with Crippen molar-refractivity contribution in [1.82, 2.24) is 5.43 Å². The smallest absolute Gasteiger partial charge is 0.271 e. The monoisotopic (exact) mass is 342 g/mol. The SMILES string of the molecule is COc1ccc(O)c(/C(C)=N/NC(=O)c2ccc(OC(C)C)cc2)c1. The van der Waals surface area contributed by atoms with E-state index >= 15 is 0 Å². The van der Waals surface area contributed by atoms with Gasteiger partial charge in [-0.25, -0.2) is 5.43 Å². The molecule has 0 saturated carbocycles. The number of ether oxygens (including phenoxy) is 2. The van der Waals surface area contributed by atoms with E-state index in [1.165, 1.54) is 13.2 Å². The Morgan fingerprint density at radius 2 is 1.76 bits per heavy atom. The quantitative estimate of drug-likeness (QED) is 0.623. The highest BCUT2D eigenvalue weighted by atomic mass is 16.5. The molecular formula is C19H22N2O4. The summed E-state index contributed by atoms with van der Waals surface area (Å²) in [5.41, 5.74) is 3.89. The number of hydrogen-bond acceptors (Lipinski definition) is 5. The van der Waals surface area contributed by atoms with Gasteiger partial charge in [-0.05, 0) is 63.2 Å². The highest BCUT2D eigenvalue weighted by Crippen LogP contribution is 2.23. The van der Waals surface area contributed by atoms with Crippen LogP contribution in [0.5, 0.6) is 17.2 Å². The van der Waals surface area contributed by atoms with Crippen LogP contribution in [0.2, 0.25) is 0 Å². The Hall–Kier alpha value is -3.02. The molecule has 0 aliphatic heterocycles. The second kappa shape index (κ2) is 8.19. The van der Waals surface area contributed by atoms with Crippen LogP contribution in [0, 0.1) is 0 Å². The number of amides is 1. The number of methoxy groups -OCH3 is 1. The third kappa shape index (κ3) is 4.97. The molecule has 2 N–H and O–H groups in total. The van der Waals surface area contributed by atoms with Crippen LogP contribution in [0.1, 0.15) is 36.7 Å². The van der Waals surface area contributed by atoms with Crippen molar-refractivity contribution in [3.05, 3.63) is 53.6 Å². The minimum atomic E-state index is -0.349. The van der Waals surface area contributed by atoms with Crippen molar-refractivity contribution in [1.29, 1.82) is 0 Å². The third-order valence-corrected chi connectivity index (χ3v) is 3.41. The van der Waals surface area contributed by atoms with E-state index in [1.807, 2.05) is 13.8 Å². The van der Waals surface area contributed by atoms with Crippen LogP contribution >= 0.6 is 0 Å². The average Bonchev–Trinajstić information content (AvgIpc) is 2.60. The van der Waals surface area contributed by atoms with E-state index in [-0.39, 0.29) is 17.8 Å². The molecular weight excluding hydrogens is 320 g/mol. The molecule has 0 aromatic heterocycles.